The molecule has 0 amide bonds. The Morgan fingerprint density at radius 2 is 2.35 bits per heavy atom. The number of methoxy groups -OCH3 is 1. The summed E-state index contributed by atoms with van der Waals surface area (Å²) in [6.07, 6.45) is 1.61. The third-order valence-electron chi connectivity index (χ3n) is 3.37. The van der Waals surface area contributed by atoms with Crippen LogP contribution in [-0.4, -0.2) is 29.8 Å². The molecule has 0 radical (unpaired) electrons. The lowest BCUT2D eigenvalue weighted by atomic mass is 9.94. The topological polar surface area (TPSA) is 29.5 Å². The van der Waals surface area contributed by atoms with Crippen molar-refractivity contribution in [1.29, 1.82) is 0 Å². The summed E-state index contributed by atoms with van der Waals surface area (Å²) in [4.78, 5) is 0. The molecule has 2 atom stereocenters. The van der Waals surface area contributed by atoms with Crippen LogP contribution in [0.15, 0.2) is 18.2 Å². The standard InChI is InChI=1S/C14H20O2S/c1-10-3-4-14(16-2)12(7-10)8-13(15)11-5-6-17-9-11/h3-4,7,11,13,15H,5-6,8-9H2,1-2H3. The molecule has 0 saturated carbocycles. The number of ether oxygens (including phenoxy) is 1. The smallest absolute Gasteiger partial charge is 0.122 e. The van der Waals surface area contributed by atoms with Gasteiger partial charge in [-0.05, 0) is 42.4 Å². The SMILES string of the molecule is COc1ccc(C)cc1CC(O)C1CCSC1. The van der Waals surface area contributed by atoms with Crippen LogP contribution in [0.2, 0.25) is 0 Å². The van der Waals surface area contributed by atoms with Crippen molar-refractivity contribution in [3.63, 3.8) is 0 Å². The van der Waals surface area contributed by atoms with Gasteiger partial charge < -0.3 is 9.84 Å². The molecule has 1 aromatic carbocycles. The first-order valence-corrected chi connectivity index (χ1v) is 7.25. The molecule has 1 N–H and O–H groups in total. The molecule has 2 unspecified atom stereocenters. The number of hydrogen-bond acceptors (Lipinski definition) is 3. The van der Waals surface area contributed by atoms with Gasteiger partial charge in [-0.1, -0.05) is 17.7 Å². The zero-order chi connectivity index (χ0) is 12.3. The predicted octanol–water partition coefficient (Wildman–Crippen LogP) is 2.66. The molecule has 17 heavy (non-hydrogen) atoms. The van der Waals surface area contributed by atoms with Gasteiger partial charge >= 0.3 is 0 Å². The number of hydrogen-bond donors (Lipinski definition) is 1. The molecule has 94 valence electrons. The fourth-order valence-electron chi connectivity index (χ4n) is 2.32. The van der Waals surface area contributed by atoms with E-state index in [4.69, 9.17) is 4.74 Å². The van der Waals surface area contributed by atoms with Crippen molar-refractivity contribution >= 4 is 11.8 Å². The Morgan fingerprint density at radius 1 is 1.53 bits per heavy atom. The Bertz CT molecular complexity index is 372. The van der Waals surface area contributed by atoms with Crippen molar-refractivity contribution in [2.75, 3.05) is 18.6 Å². The molecule has 3 heteroatoms. The monoisotopic (exact) mass is 252 g/mol. The van der Waals surface area contributed by atoms with E-state index in [0.29, 0.717) is 12.3 Å². The minimum Gasteiger partial charge on any atom is -0.496 e. The van der Waals surface area contributed by atoms with Gasteiger partial charge in [0.15, 0.2) is 0 Å². The summed E-state index contributed by atoms with van der Waals surface area (Å²) >= 11 is 1.94. The van der Waals surface area contributed by atoms with Crippen molar-refractivity contribution < 1.29 is 9.84 Å². The average molecular weight is 252 g/mol. The van der Waals surface area contributed by atoms with E-state index in [1.54, 1.807) is 7.11 Å². The molecule has 2 nitrogen and oxygen atoms in total. The van der Waals surface area contributed by atoms with Crippen LogP contribution < -0.4 is 4.74 Å². The maximum atomic E-state index is 10.2. The quantitative estimate of drug-likeness (QED) is 0.893. The van der Waals surface area contributed by atoms with Crippen LogP contribution in [0.4, 0.5) is 0 Å². The van der Waals surface area contributed by atoms with E-state index < -0.39 is 0 Å². The lowest BCUT2D eigenvalue weighted by Gasteiger charge is -2.18. The van der Waals surface area contributed by atoms with Crippen LogP contribution in [0.25, 0.3) is 0 Å². The molecule has 0 spiro atoms. The average Bonchev–Trinajstić information content (AvgIpc) is 2.83. The summed E-state index contributed by atoms with van der Waals surface area (Å²) in [6.45, 7) is 2.07. The number of benzene rings is 1. The molecule has 1 heterocycles. The Labute approximate surface area is 107 Å². The van der Waals surface area contributed by atoms with Crippen LogP contribution in [0.1, 0.15) is 17.5 Å². The van der Waals surface area contributed by atoms with Gasteiger partial charge in [0, 0.05) is 6.42 Å². The lowest BCUT2D eigenvalue weighted by molar-refractivity contribution is 0.119. The summed E-state index contributed by atoms with van der Waals surface area (Å²) in [5.74, 6) is 3.62. The molecule has 0 bridgehead atoms. The third-order valence-corrected chi connectivity index (χ3v) is 4.56. The molecular formula is C14H20O2S. The molecule has 0 aliphatic carbocycles. The number of aryl methyl sites for hydroxylation is 1. The second-order valence-corrected chi connectivity index (χ2v) is 5.86. The zero-order valence-corrected chi connectivity index (χ0v) is 11.3. The Hall–Kier alpha value is -0.670. The maximum absolute atomic E-state index is 10.2. The van der Waals surface area contributed by atoms with Gasteiger partial charge in [0.1, 0.15) is 5.75 Å². The number of rotatable bonds is 4. The van der Waals surface area contributed by atoms with Gasteiger partial charge in [0.05, 0.1) is 13.2 Å². The van der Waals surface area contributed by atoms with Gasteiger partial charge in [-0.25, -0.2) is 0 Å². The highest BCUT2D eigenvalue weighted by Gasteiger charge is 2.24. The van der Waals surface area contributed by atoms with E-state index >= 15 is 0 Å². The summed E-state index contributed by atoms with van der Waals surface area (Å²) in [7, 11) is 1.69. The minimum absolute atomic E-state index is 0.235. The first-order valence-electron chi connectivity index (χ1n) is 6.10. The van der Waals surface area contributed by atoms with Gasteiger partial charge in [-0.2, -0.15) is 11.8 Å². The third kappa shape index (κ3) is 3.17. The molecule has 1 aliphatic heterocycles. The first-order chi connectivity index (χ1) is 8.20. The van der Waals surface area contributed by atoms with Crippen LogP contribution in [0.3, 0.4) is 0 Å². The molecular weight excluding hydrogens is 232 g/mol. The number of thioether (sulfide) groups is 1. The highest BCUT2D eigenvalue weighted by molar-refractivity contribution is 7.99. The van der Waals surface area contributed by atoms with Gasteiger partial charge in [-0.3, -0.25) is 0 Å². The van der Waals surface area contributed by atoms with Crippen LogP contribution in [0.5, 0.6) is 5.75 Å². The lowest BCUT2D eigenvalue weighted by Crippen LogP contribution is -2.22. The van der Waals surface area contributed by atoms with E-state index in [2.05, 4.69) is 13.0 Å². The summed E-state index contributed by atoms with van der Waals surface area (Å²) in [5, 5.41) is 10.2. The van der Waals surface area contributed by atoms with Crippen molar-refractivity contribution in [3.05, 3.63) is 29.3 Å². The Kier molecular flexibility index (Phi) is 4.35. The zero-order valence-electron chi connectivity index (χ0n) is 10.5. The summed E-state index contributed by atoms with van der Waals surface area (Å²) in [5.41, 5.74) is 2.34. The normalized spacial score (nSPS) is 21.5. The second kappa shape index (κ2) is 5.78. The first kappa shape index (κ1) is 12.8. The van der Waals surface area contributed by atoms with Gasteiger partial charge in [0.25, 0.3) is 0 Å². The Morgan fingerprint density at radius 3 is 3.00 bits per heavy atom. The fourth-order valence-corrected chi connectivity index (χ4v) is 3.64. The maximum Gasteiger partial charge on any atom is 0.122 e. The van der Waals surface area contributed by atoms with Gasteiger partial charge in [-0.15, -0.1) is 0 Å². The number of aliphatic hydroxyl groups excluding tert-OH is 1. The van der Waals surface area contributed by atoms with E-state index in [1.807, 2.05) is 23.9 Å². The van der Waals surface area contributed by atoms with E-state index in [-0.39, 0.29) is 6.10 Å². The van der Waals surface area contributed by atoms with Crippen LogP contribution in [0, 0.1) is 12.8 Å². The van der Waals surface area contributed by atoms with E-state index in [9.17, 15) is 5.11 Å². The molecule has 2 rings (SSSR count). The minimum atomic E-state index is -0.235. The molecule has 1 aliphatic rings. The predicted molar refractivity (Wildman–Crippen MR) is 72.9 cm³/mol. The van der Waals surface area contributed by atoms with E-state index in [0.717, 1.165) is 23.5 Å². The van der Waals surface area contributed by atoms with E-state index in [1.165, 1.54) is 11.3 Å². The number of aliphatic hydroxyl groups is 1. The molecule has 1 fully saturated rings. The highest BCUT2D eigenvalue weighted by Crippen LogP contribution is 2.29. The van der Waals surface area contributed by atoms with Crippen molar-refractivity contribution in [1.82, 2.24) is 0 Å². The summed E-state index contributed by atoms with van der Waals surface area (Å²) in [6, 6.07) is 6.14. The Balaban J connectivity index is 2.08. The second-order valence-electron chi connectivity index (χ2n) is 4.71. The molecule has 1 aromatic rings. The van der Waals surface area contributed by atoms with Crippen LogP contribution in [-0.2, 0) is 6.42 Å². The molecule has 1 saturated heterocycles. The fraction of sp³-hybridized carbons (Fsp3) is 0.571. The van der Waals surface area contributed by atoms with Crippen molar-refractivity contribution in [3.8, 4) is 5.75 Å². The summed E-state index contributed by atoms with van der Waals surface area (Å²) < 4.78 is 5.35. The largest absolute Gasteiger partial charge is 0.496 e. The van der Waals surface area contributed by atoms with Crippen molar-refractivity contribution in [2.24, 2.45) is 5.92 Å². The van der Waals surface area contributed by atoms with Crippen LogP contribution >= 0.6 is 11.8 Å². The van der Waals surface area contributed by atoms with Crippen molar-refractivity contribution in [2.45, 2.75) is 25.9 Å². The molecule has 0 aromatic heterocycles. The van der Waals surface area contributed by atoms with Gasteiger partial charge in [0.2, 0.25) is 0 Å². The highest BCUT2D eigenvalue weighted by atomic mass is 32.2.